The van der Waals surface area contributed by atoms with Crippen LogP contribution in [0.25, 0.3) is 0 Å². The molecule has 2 aliphatic heterocycles. The van der Waals surface area contributed by atoms with Gasteiger partial charge in [-0.1, -0.05) is 6.92 Å². The van der Waals surface area contributed by atoms with Crippen molar-refractivity contribution in [3.05, 3.63) is 23.4 Å². The number of pyridine rings is 1. The summed E-state index contributed by atoms with van der Waals surface area (Å²) in [6.07, 6.45) is 7.39. The van der Waals surface area contributed by atoms with Gasteiger partial charge in [-0.25, -0.2) is 4.98 Å². The van der Waals surface area contributed by atoms with E-state index >= 15 is 0 Å². The molecule has 0 aromatic carbocycles. The van der Waals surface area contributed by atoms with E-state index in [1.807, 2.05) is 0 Å². The average molecular weight is 259 g/mol. The standard InChI is InChI=1S/C16H25N3/c1-3-18-10-6-7-15(18)14-12-17-16(11-13(14)2)19-8-4-5-9-19/h11-12,15H,3-10H2,1-2H3/t15-/m0/s1. The molecule has 2 aliphatic rings. The van der Waals surface area contributed by atoms with Crippen molar-refractivity contribution in [3.63, 3.8) is 0 Å². The Labute approximate surface area is 116 Å². The molecule has 0 bridgehead atoms. The van der Waals surface area contributed by atoms with Gasteiger partial charge in [0.15, 0.2) is 0 Å². The summed E-state index contributed by atoms with van der Waals surface area (Å²) in [7, 11) is 0. The Balaban J connectivity index is 1.83. The molecule has 3 heteroatoms. The molecule has 3 nitrogen and oxygen atoms in total. The zero-order valence-corrected chi connectivity index (χ0v) is 12.2. The number of aromatic nitrogens is 1. The molecule has 0 spiro atoms. The molecule has 0 amide bonds. The number of likely N-dealkylation sites (tertiary alicyclic amines) is 1. The Morgan fingerprint density at radius 3 is 2.68 bits per heavy atom. The van der Waals surface area contributed by atoms with Crippen LogP contribution in [-0.2, 0) is 0 Å². The van der Waals surface area contributed by atoms with Crippen LogP contribution in [-0.4, -0.2) is 36.1 Å². The van der Waals surface area contributed by atoms with E-state index in [1.54, 1.807) is 0 Å². The van der Waals surface area contributed by atoms with Crippen LogP contribution in [0.15, 0.2) is 12.3 Å². The molecule has 1 aromatic rings. The Hall–Kier alpha value is -1.09. The third-order valence-electron chi connectivity index (χ3n) is 4.70. The van der Waals surface area contributed by atoms with Crippen LogP contribution in [0.3, 0.4) is 0 Å². The fraction of sp³-hybridized carbons (Fsp3) is 0.688. The molecule has 3 rings (SSSR count). The number of hydrogen-bond donors (Lipinski definition) is 0. The highest BCUT2D eigenvalue weighted by Crippen LogP contribution is 2.34. The van der Waals surface area contributed by atoms with E-state index in [0.717, 1.165) is 6.54 Å². The van der Waals surface area contributed by atoms with Crippen molar-refractivity contribution in [2.75, 3.05) is 31.1 Å². The second kappa shape index (κ2) is 5.49. The topological polar surface area (TPSA) is 19.4 Å². The summed E-state index contributed by atoms with van der Waals surface area (Å²) < 4.78 is 0. The zero-order valence-electron chi connectivity index (χ0n) is 12.2. The molecule has 0 saturated carbocycles. The highest BCUT2D eigenvalue weighted by atomic mass is 15.2. The third kappa shape index (κ3) is 2.48. The lowest BCUT2D eigenvalue weighted by Gasteiger charge is -2.25. The average Bonchev–Trinajstić information content (AvgIpc) is 3.09. The second-order valence-electron chi connectivity index (χ2n) is 5.88. The summed E-state index contributed by atoms with van der Waals surface area (Å²) in [4.78, 5) is 9.74. The van der Waals surface area contributed by atoms with Gasteiger partial charge in [0.2, 0.25) is 0 Å². The Morgan fingerprint density at radius 2 is 2.00 bits per heavy atom. The molecule has 1 atom stereocenters. The zero-order chi connectivity index (χ0) is 13.2. The number of aryl methyl sites for hydroxylation is 1. The normalized spacial score (nSPS) is 24.3. The van der Waals surface area contributed by atoms with Gasteiger partial charge in [-0.05, 0) is 62.9 Å². The van der Waals surface area contributed by atoms with Crippen LogP contribution < -0.4 is 4.90 Å². The Kier molecular flexibility index (Phi) is 3.74. The minimum atomic E-state index is 0.602. The fourth-order valence-electron chi connectivity index (χ4n) is 3.58. The van der Waals surface area contributed by atoms with Crippen LogP contribution in [0.2, 0.25) is 0 Å². The molecular formula is C16H25N3. The summed E-state index contributed by atoms with van der Waals surface area (Å²) in [6, 6.07) is 2.90. The van der Waals surface area contributed by atoms with Crippen molar-refractivity contribution < 1.29 is 0 Å². The number of hydrogen-bond acceptors (Lipinski definition) is 3. The molecule has 0 unspecified atom stereocenters. The van der Waals surface area contributed by atoms with E-state index in [9.17, 15) is 0 Å². The predicted molar refractivity (Wildman–Crippen MR) is 79.6 cm³/mol. The van der Waals surface area contributed by atoms with Crippen LogP contribution in [0.4, 0.5) is 5.82 Å². The van der Waals surface area contributed by atoms with E-state index in [2.05, 4.69) is 35.9 Å². The van der Waals surface area contributed by atoms with Gasteiger partial charge in [0.25, 0.3) is 0 Å². The smallest absolute Gasteiger partial charge is 0.128 e. The molecule has 2 saturated heterocycles. The van der Waals surface area contributed by atoms with E-state index in [0.29, 0.717) is 6.04 Å². The Morgan fingerprint density at radius 1 is 1.21 bits per heavy atom. The molecule has 19 heavy (non-hydrogen) atoms. The highest BCUT2D eigenvalue weighted by molar-refractivity contribution is 5.45. The van der Waals surface area contributed by atoms with Crippen molar-refractivity contribution in [2.45, 2.75) is 45.6 Å². The summed E-state index contributed by atoms with van der Waals surface area (Å²) in [6.45, 7) is 9.27. The monoisotopic (exact) mass is 259 g/mol. The van der Waals surface area contributed by atoms with Crippen molar-refractivity contribution in [1.82, 2.24) is 9.88 Å². The minimum absolute atomic E-state index is 0.602. The summed E-state index contributed by atoms with van der Waals surface area (Å²) in [5.74, 6) is 1.18. The van der Waals surface area contributed by atoms with Gasteiger partial charge in [-0.3, -0.25) is 4.90 Å². The van der Waals surface area contributed by atoms with Crippen molar-refractivity contribution >= 4 is 5.82 Å². The van der Waals surface area contributed by atoms with Gasteiger partial charge in [0, 0.05) is 25.3 Å². The molecule has 3 heterocycles. The first kappa shape index (κ1) is 12.9. The summed E-state index contributed by atoms with van der Waals surface area (Å²) >= 11 is 0. The molecule has 104 valence electrons. The SMILES string of the molecule is CCN1CCC[C@H]1c1cnc(N2CCCC2)cc1C. The van der Waals surface area contributed by atoms with Crippen molar-refractivity contribution in [3.8, 4) is 0 Å². The van der Waals surface area contributed by atoms with Gasteiger partial charge >= 0.3 is 0 Å². The number of nitrogens with zero attached hydrogens (tertiary/aromatic N) is 3. The highest BCUT2D eigenvalue weighted by Gasteiger charge is 2.26. The van der Waals surface area contributed by atoms with E-state index in [4.69, 9.17) is 4.98 Å². The van der Waals surface area contributed by atoms with Gasteiger partial charge in [0.05, 0.1) is 0 Å². The Bertz CT molecular complexity index is 438. The van der Waals surface area contributed by atoms with Crippen LogP contribution in [0.5, 0.6) is 0 Å². The van der Waals surface area contributed by atoms with Gasteiger partial charge in [-0.2, -0.15) is 0 Å². The molecule has 0 N–H and O–H groups in total. The summed E-state index contributed by atoms with van der Waals surface area (Å²) in [5, 5.41) is 0. The first-order chi connectivity index (χ1) is 9.29. The van der Waals surface area contributed by atoms with Crippen LogP contribution >= 0.6 is 0 Å². The van der Waals surface area contributed by atoms with Crippen LogP contribution in [0, 0.1) is 6.92 Å². The maximum atomic E-state index is 4.73. The van der Waals surface area contributed by atoms with E-state index < -0.39 is 0 Å². The van der Waals surface area contributed by atoms with E-state index in [1.165, 1.54) is 62.3 Å². The second-order valence-corrected chi connectivity index (χ2v) is 5.88. The molecule has 2 fully saturated rings. The molecule has 1 aromatic heterocycles. The molecule has 0 aliphatic carbocycles. The number of rotatable bonds is 3. The fourth-order valence-corrected chi connectivity index (χ4v) is 3.58. The van der Waals surface area contributed by atoms with Gasteiger partial charge < -0.3 is 4.90 Å². The lowest BCUT2D eigenvalue weighted by Crippen LogP contribution is -2.24. The maximum Gasteiger partial charge on any atom is 0.128 e. The summed E-state index contributed by atoms with van der Waals surface area (Å²) in [5.41, 5.74) is 2.87. The largest absolute Gasteiger partial charge is 0.357 e. The predicted octanol–water partition coefficient (Wildman–Crippen LogP) is 3.15. The lowest BCUT2D eigenvalue weighted by molar-refractivity contribution is 0.270. The quantitative estimate of drug-likeness (QED) is 0.831. The van der Waals surface area contributed by atoms with Gasteiger partial charge in [0.1, 0.15) is 5.82 Å². The lowest BCUT2D eigenvalue weighted by atomic mass is 10.0. The van der Waals surface area contributed by atoms with Gasteiger partial charge in [-0.15, -0.1) is 0 Å². The minimum Gasteiger partial charge on any atom is -0.357 e. The first-order valence-corrected chi connectivity index (χ1v) is 7.75. The molecule has 0 radical (unpaired) electrons. The first-order valence-electron chi connectivity index (χ1n) is 7.75. The van der Waals surface area contributed by atoms with Crippen molar-refractivity contribution in [1.29, 1.82) is 0 Å². The molecular weight excluding hydrogens is 234 g/mol. The van der Waals surface area contributed by atoms with E-state index in [-0.39, 0.29) is 0 Å². The third-order valence-corrected chi connectivity index (χ3v) is 4.70. The number of anilines is 1. The van der Waals surface area contributed by atoms with Crippen molar-refractivity contribution in [2.24, 2.45) is 0 Å². The maximum absolute atomic E-state index is 4.73. The van der Waals surface area contributed by atoms with Crippen LogP contribution in [0.1, 0.15) is 49.8 Å².